The summed E-state index contributed by atoms with van der Waals surface area (Å²) in [6.45, 7) is 8.56. The highest BCUT2D eigenvalue weighted by Gasteiger charge is 2.22. The van der Waals surface area contributed by atoms with Crippen LogP contribution in [0.5, 0.6) is 0 Å². The third-order valence-electron chi connectivity index (χ3n) is 4.93. The Morgan fingerprint density at radius 3 is 2.45 bits per heavy atom. The van der Waals surface area contributed by atoms with Crippen LogP contribution in [0.1, 0.15) is 58.9 Å². The van der Waals surface area contributed by atoms with E-state index in [1.165, 1.54) is 31.4 Å². The first-order valence-corrected chi connectivity index (χ1v) is 10.2. The van der Waals surface area contributed by atoms with Gasteiger partial charge in [-0.15, -0.1) is 0 Å². The van der Waals surface area contributed by atoms with Gasteiger partial charge in [-0.1, -0.05) is 31.9 Å². The predicted octanol–water partition coefficient (Wildman–Crippen LogP) is 3.12. The SMILES string of the molecule is CC1CCCCC1NC(=NCc1ccc([N+](=O)[O-])cc1)NCC(=O)NC(C)(C)C. The molecule has 2 unspecified atom stereocenters. The molecule has 29 heavy (non-hydrogen) atoms. The number of carbonyl (C=O) groups excluding carboxylic acids is 1. The fraction of sp³-hybridized carbons (Fsp3) is 0.619. The van der Waals surface area contributed by atoms with Gasteiger partial charge < -0.3 is 16.0 Å². The highest BCUT2D eigenvalue weighted by molar-refractivity contribution is 5.86. The Morgan fingerprint density at radius 1 is 1.21 bits per heavy atom. The average molecular weight is 404 g/mol. The molecule has 0 aromatic heterocycles. The number of nitro groups is 1. The molecule has 1 aromatic rings. The second-order valence-electron chi connectivity index (χ2n) is 8.75. The molecule has 160 valence electrons. The summed E-state index contributed by atoms with van der Waals surface area (Å²) in [7, 11) is 0. The predicted molar refractivity (Wildman–Crippen MR) is 115 cm³/mol. The smallest absolute Gasteiger partial charge is 0.269 e. The standard InChI is InChI=1S/C21H33N5O3/c1-15-7-5-6-8-18(15)24-20(23-14-19(27)25-21(2,3)4)22-13-16-9-11-17(12-10-16)26(28)29/h9-12,15,18H,5-8,13-14H2,1-4H3,(H,25,27)(H2,22,23,24). The highest BCUT2D eigenvalue weighted by atomic mass is 16.6. The number of hydrogen-bond acceptors (Lipinski definition) is 4. The van der Waals surface area contributed by atoms with Gasteiger partial charge in [0.1, 0.15) is 0 Å². The van der Waals surface area contributed by atoms with Crippen molar-refractivity contribution in [1.82, 2.24) is 16.0 Å². The zero-order valence-electron chi connectivity index (χ0n) is 17.8. The van der Waals surface area contributed by atoms with Crippen LogP contribution in [-0.4, -0.2) is 34.9 Å². The molecule has 1 amide bonds. The highest BCUT2D eigenvalue weighted by Crippen LogP contribution is 2.23. The summed E-state index contributed by atoms with van der Waals surface area (Å²) in [5.41, 5.74) is 0.636. The third-order valence-corrected chi connectivity index (χ3v) is 4.93. The lowest BCUT2D eigenvalue weighted by atomic mass is 9.86. The van der Waals surface area contributed by atoms with Crippen molar-refractivity contribution in [3.8, 4) is 0 Å². The van der Waals surface area contributed by atoms with Crippen molar-refractivity contribution in [2.75, 3.05) is 6.54 Å². The normalized spacial score (nSPS) is 20.1. The van der Waals surface area contributed by atoms with Crippen LogP contribution >= 0.6 is 0 Å². The van der Waals surface area contributed by atoms with E-state index in [-0.39, 0.29) is 23.7 Å². The van der Waals surface area contributed by atoms with Crippen LogP contribution in [0, 0.1) is 16.0 Å². The topological polar surface area (TPSA) is 109 Å². The molecule has 0 saturated heterocycles. The number of rotatable bonds is 6. The number of nitrogens with zero attached hydrogens (tertiary/aromatic N) is 2. The minimum absolute atomic E-state index is 0.0593. The maximum atomic E-state index is 12.2. The summed E-state index contributed by atoms with van der Waals surface area (Å²) in [5, 5.41) is 20.3. The first-order valence-electron chi connectivity index (χ1n) is 10.2. The molecule has 8 nitrogen and oxygen atoms in total. The quantitative estimate of drug-likeness (QED) is 0.293. The molecule has 1 saturated carbocycles. The molecule has 0 radical (unpaired) electrons. The van der Waals surface area contributed by atoms with E-state index in [4.69, 9.17) is 0 Å². The fourth-order valence-electron chi connectivity index (χ4n) is 3.38. The zero-order chi connectivity index (χ0) is 21.4. The molecule has 1 fully saturated rings. The van der Waals surface area contributed by atoms with E-state index in [0.717, 1.165) is 12.0 Å². The maximum Gasteiger partial charge on any atom is 0.269 e. The summed E-state index contributed by atoms with van der Waals surface area (Å²) < 4.78 is 0. The first-order chi connectivity index (χ1) is 13.6. The molecule has 0 aliphatic heterocycles. The monoisotopic (exact) mass is 403 g/mol. The molecular formula is C21H33N5O3. The van der Waals surface area contributed by atoms with Gasteiger partial charge in [0, 0.05) is 23.7 Å². The average Bonchev–Trinajstić information content (AvgIpc) is 2.64. The van der Waals surface area contributed by atoms with Crippen LogP contribution in [-0.2, 0) is 11.3 Å². The second kappa shape index (κ2) is 10.2. The van der Waals surface area contributed by atoms with E-state index in [1.54, 1.807) is 12.1 Å². The van der Waals surface area contributed by atoms with E-state index >= 15 is 0 Å². The maximum absolute atomic E-state index is 12.2. The molecule has 0 heterocycles. The van der Waals surface area contributed by atoms with Gasteiger partial charge in [0.25, 0.3) is 5.69 Å². The number of nitro benzene ring substituents is 1. The number of nitrogens with one attached hydrogen (secondary N) is 3. The molecule has 1 aromatic carbocycles. The summed E-state index contributed by atoms with van der Waals surface area (Å²) in [6, 6.07) is 6.68. The Balaban J connectivity index is 2.04. The van der Waals surface area contributed by atoms with Crippen molar-refractivity contribution < 1.29 is 9.72 Å². The number of benzene rings is 1. The van der Waals surface area contributed by atoms with E-state index in [0.29, 0.717) is 24.5 Å². The molecule has 2 atom stereocenters. The largest absolute Gasteiger partial charge is 0.353 e. The van der Waals surface area contributed by atoms with Crippen LogP contribution in [0.2, 0.25) is 0 Å². The first kappa shape index (κ1) is 22.6. The third kappa shape index (κ3) is 8.09. The molecule has 2 rings (SSSR count). The minimum atomic E-state index is -0.417. The summed E-state index contributed by atoms with van der Waals surface area (Å²) in [4.78, 5) is 27.2. The molecule has 3 N–H and O–H groups in total. The van der Waals surface area contributed by atoms with Crippen LogP contribution in [0.15, 0.2) is 29.3 Å². The number of carbonyl (C=O) groups is 1. The molecule has 1 aliphatic rings. The number of amides is 1. The van der Waals surface area contributed by atoms with Crippen LogP contribution in [0.25, 0.3) is 0 Å². The van der Waals surface area contributed by atoms with Gasteiger partial charge in [-0.05, 0) is 45.1 Å². The van der Waals surface area contributed by atoms with Crippen molar-refractivity contribution in [2.24, 2.45) is 10.9 Å². The summed E-state index contributed by atoms with van der Waals surface area (Å²) in [5.74, 6) is 1.03. The molecular weight excluding hydrogens is 370 g/mol. The van der Waals surface area contributed by atoms with E-state index in [1.807, 2.05) is 20.8 Å². The Bertz CT molecular complexity index is 725. The second-order valence-corrected chi connectivity index (χ2v) is 8.75. The van der Waals surface area contributed by atoms with Crippen molar-refractivity contribution >= 4 is 17.6 Å². The van der Waals surface area contributed by atoms with E-state index in [2.05, 4.69) is 27.9 Å². The Hall–Kier alpha value is -2.64. The zero-order valence-corrected chi connectivity index (χ0v) is 17.8. The van der Waals surface area contributed by atoms with Gasteiger partial charge in [0.15, 0.2) is 5.96 Å². The van der Waals surface area contributed by atoms with Crippen LogP contribution in [0.4, 0.5) is 5.69 Å². The Kier molecular flexibility index (Phi) is 7.99. The van der Waals surface area contributed by atoms with E-state index < -0.39 is 4.92 Å². The van der Waals surface area contributed by atoms with Gasteiger partial charge >= 0.3 is 0 Å². The lowest BCUT2D eigenvalue weighted by Gasteiger charge is -2.31. The van der Waals surface area contributed by atoms with Gasteiger partial charge in [-0.3, -0.25) is 14.9 Å². The molecule has 0 bridgehead atoms. The van der Waals surface area contributed by atoms with Gasteiger partial charge in [-0.2, -0.15) is 0 Å². The minimum Gasteiger partial charge on any atom is -0.353 e. The van der Waals surface area contributed by atoms with Gasteiger partial charge in [0.2, 0.25) is 5.91 Å². The lowest BCUT2D eigenvalue weighted by molar-refractivity contribution is -0.384. The van der Waals surface area contributed by atoms with Gasteiger partial charge in [0.05, 0.1) is 18.0 Å². The summed E-state index contributed by atoms with van der Waals surface area (Å²) in [6.07, 6.45) is 4.68. The lowest BCUT2D eigenvalue weighted by Crippen LogP contribution is -2.51. The number of hydrogen-bond donors (Lipinski definition) is 3. The Morgan fingerprint density at radius 2 is 1.86 bits per heavy atom. The van der Waals surface area contributed by atoms with Crippen LogP contribution in [0.3, 0.4) is 0 Å². The van der Waals surface area contributed by atoms with Crippen molar-refractivity contribution in [3.63, 3.8) is 0 Å². The molecule has 0 spiro atoms. The van der Waals surface area contributed by atoms with Crippen molar-refractivity contribution in [2.45, 2.75) is 71.5 Å². The van der Waals surface area contributed by atoms with Crippen molar-refractivity contribution in [1.29, 1.82) is 0 Å². The van der Waals surface area contributed by atoms with Gasteiger partial charge in [-0.25, -0.2) is 4.99 Å². The number of aliphatic imine (C=N–C) groups is 1. The fourth-order valence-corrected chi connectivity index (χ4v) is 3.38. The summed E-state index contributed by atoms with van der Waals surface area (Å²) >= 11 is 0. The van der Waals surface area contributed by atoms with E-state index in [9.17, 15) is 14.9 Å². The number of guanidine groups is 1. The van der Waals surface area contributed by atoms with Crippen LogP contribution < -0.4 is 16.0 Å². The molecule has 8 heteroatoms. The Labute approximate surface area is 172 Å². The number of non-ortho nitro benzene ring substituents is 1. The van der Waals surface area contributed by atoms with Crippen molar-refractivity contribution in [3.05, 3.63) is 39.9 Å². The molecule has 1 aliphatic carbocycles.